The van der Waals surface area contributed by atoms with Gasteiger partial charge in [-0.3, -0.25) is 9.47 Å². The highest BCUT2D eigenvalue weighted by Gasteiger charge is 2.41. The van der Waals surface area contributed by atoms with Crippen molar-refractivity contribution < 1.29 is 14.4 Å². The van der Waals surface area contributed by atoms with Gasteiger partial charge >= 0.3 is 11.8 Å². The van der Waals surface area contributed by atoms with E-state index in [1.165, 1.54) is 6.20 Å². The van der Waals surface area contributed by atoms with E-state index in [2.05, 4.69) is 33.0 Å². The van der Waals surface area contributed by atoms with E-state index in [1.807, 2.05) is 31.2 Å². The third-order valence-electron chi connectivity index (χ3n) is 6.56. The summed E-state index contributed by atoms with van der Waals surface area (Å²) in [6, 6.07) is 11.7. The number of imidazole rings is 1. The van der Waals surface area contributed by atoms with Gasteiger partial charge in [-0.2, -0.15) is 0 Å². The number of aromatic nitrogens is 2. The average molecular weight is 579 g/mol. The number of hydrogen-bond acceptors (Lipinski definition) is 7. The second kappa shape index (κ2) is 11.0. The number of nitrogens with zero attached hydrogens (tertiary/aromatic N) is 5. The molecule has 0 bridgehead atoms. The van der Waals surface area contributed by atoms with Crippen molar-refractivity contribution in [3.8, 4) is 11.8 Å². The Bertz CT molecular complexity index is 1330. The lowest BCUT2D eigenvalue weighted by Crippen LogP contribution is -2.46. The fraction of sp³-hybridized carbons (Fsp3) is 0.346. The molecule has 2 aliphatic heterocycles. The second-order valence-corrected chi connectivity index (χ2v) is 10.8. The van der Waals surface area contributed by atoms with Gasteiger partial charge in [-0.15, -0.1) is 0 Å². The van der Waals surface area contributed by atoms with Gasteiger partial charge in [-0.25, -0.2) is 0 Å². The molecule has 0 saturated carbocycles. The molecule has 3 aromatic rings. The molecule has 1 atom stereocenters. The highest BCUT2D eigenvalue weighted by molar-refractivity contribution is 6.44. The Balaban J connectivity index is 1.08. The Hall–Kier alpha value is -2.98. The van der Waals surface area contributed by atoms with Crippen molar-refractivity contribution >= 4 is 52.4 Å². The van der Waals surface area contributed by atoms with Crippen molar-refractivity contribution in [1.82, 2.24) is 14.5 Å². The number of hydrogen-bond donors (Lipinski definition) is 0. The van der Waals surface area contributed by atoms with Crippen LogP contribution in [0, 0.1) is 10.1 Å². The molecular weight excluding hydrogens is 553 g/mol. The molecule has 0 amide bonds. The monoisotopic (exact) mass is 577 g/mol. The summed E-state index contributed by atoms with van der Waals surface area (Å²) in [5.41, 5.74) is 1.31. The average Bonchev–Trinajstić information content (AvgIpc) is 3.42. The largest absolute Gasteiger partial charge is 0.489 e. The van der Waals surface area contributed by atoms with Crippen LogP contribution in [0.25, 0.3) is 6.08 Å². The third-order valence-corrected chi connectivity index (χ3v) is 7.59. The summed E-state index contributed by atoms with van der Waals surface area (Å²) in [4.78, 5) is 19.0. The normalized spacial score (nSPS) is 19.5. The van der Waals surface area contributed by atoms with Crippen LogP contribution in [-0.2, 0) is 6.54 Å². The number of nitro groups is 1. The zero-order chi connectivity index (χ0) is 26.9. The first kappa shape index (κ1) is 26.6. The van der Waals surface area contributed by atoms with Crippen molar-refractivity contribution in [2.75, 3.05) is 44.2 Å². The smallest absolute Gasteiger partial charge is 0.415 e. The quantitative estimate of drug-likeness (QED) is 0.189. The summed E-state index contributed by atoms with van der Waals surface area (Å²) in [5.74, 6) is 0.515. The van der Waals surface area contributed by atoms with E-state index in [4.69, 9.17) is 44.3 Å². The van der Waals surface area contributed by atoms with Crippen LogP contribution < -0.4 is 14.4 Å². The topological polar surface area (TPSA) is 85.9 Å². The van der Waals surface area contributed by atoms with Crippen LogP contribution in [0.1, 0.15) is 12.5 Å². The lowest BCUT2D eigenvalue weighted by molar-refractivity contribution is -0.389. The Labute approximate surface area is 235 Å². The fourth-order valence-corrected chi connectivity index (χ4v) is 5.24. The fourth-order valence-electron chi connectivity index (χ4n) is 4.56. The van der Waals surface area contributed by atoms with Gasteiger partial charge in [0.2, 0.25) is 0 Å². The van der Waals surface area contributed by atoms with Crippen LogP contribution in [0.3, 0.4) is 0 Å². The van der Waals surface area contributed by atoms with E-state index in [1.54, 1.807) is 10.6 Å². The van der Waals surface area contributed by atoms with E-state index >= 15 is 0 Å². The molecule has 0 radical (unpaired) electrons. The van der Waals surface area contributed by atoms with Gasteiger partial charge in [0.25, 0.3) is 0 Å². The lowest BCUT2D eigenvalue weighted by atomic mass is 10.1. The van der Waals surface area contributed by atoms with E-state index < -0.39 is 10.5 Å². The van der Waals surface area contributed by atoms with E-state index in [0.717, 1.165) is 49.7 Å². The second-order valence-electron chi connectivity index (χ2n) is 9.58. The summed E-state index contributed by atoms with van der Waals surface area (Å²) >= 11 is 18.5. The van der Waals surface area contributed by atoms with Gasteiger partial charge in [0.1, 0.15) is 18.6 Å². The van der Waals surface area contributed by atoms with Crippen LogP contribution >= 0.6 is 34.8 Å². The van der Waals surface area contributed by atoms with Crippen molar-refractivity contribution in [1.29, 1.82) is 0 Å². The number of ether oxygens (including phenoxy) is 2. The van der Waals surface area contributed by atoms with E-state index in [-0.39, 0.29) is 11.8 Å². The summed E-state index contributed by atoms with van der Waals surface area (Å²) < 4.78 is 13.4. The molecule has 5 rings (SSSR count). The van der Waals surface area contributed by atoms with Crippen molar-refractivity contribution in [3.05, 3.63) is 79.4 Å². The van der Waals surface area contributed by atoms with Crippen molar-refractivity contribution in [2.24, 2.45) is 0 Å². The minimum absolute atomic E-state index is 0.219. The number of benzene rings is 2. The van der Waals surface area contributed by atoms with Crippen LogP contribution in [-0.4, -0.2) is 64.3 Å². The van der Waals surface area contributed by atoms with E-state index in [9.17, 15) is 10.1 Å². The lowest BCUT2D eigenvalue weighted by Gasteiger charge is -2.35. The summed E-state index contributed by atoms with van der Waals surface area (Å²) in [5, 5.41) is 12.4. The Morgan fingerprint density at radius 2 is 1.89 bits per heavy atom. The Morgan fingerprint density at radius 3 is 2.58 bits per heavy atom. The van der Waals surface area contributed by atoms with Gasteiger partial charge in [0.05, 0.1) is 16.6 Å². The molecule has 0 unspecified atom stereocenters. The first-order valence-corrected chi connectivity index (χ1v) is 13.2. The standard InChI is InChI=1S/C26H26Cl3N5O4/c1-26(16-33-15-23(34(35)36)30-25(33)38-26)17-37-21-6-4-20(5-7-21)32-11-9-31(10-12-32)8-2-3-18-13-19(27)14-22(28)24(18)29/h2-7,13-15H,8-12,16-17H2,1H3/b3-2+/t26-/m1/s1. The van der Waals surface area contributed by atoms with E-state index in [0.29, 0.717) is 28.2 Å². The Kier molecular flexibility index (Phi) is 7.72. The molecule has 0 spiro atoms. The molecular formula is C26H26Cl3N5O4. The predicted molar refractivity (Wildman–Crippen MR) is 149 cm³/mol. The minimum atomic E-state index is -0.648. The molecule has 1 aromatic heterocycles. The predicted octanol–water partition coefficient (Wildman–Crippen LogP) is 5.82. The number of rotatable bonds is 8. The van der Waals surface area contributed by atoms with Gasteiger partial charge in [0, 0.05) is 48.4 Å². The molecule has 0 aliphatic carbocycles. The molecule has 1 fully saturated rings. The molecule has 2 aromatic carbocycles. The summed E-state index contributed by atoms with van der Waals surface area (Å²) in [7, 11) is 0. The maximum absolute atomic E-state index is 10.9. The Morgan fingerprint density at radius 1 is 1.16 bits per heavy atom. The summed E-state index contributed by atoms with van der Waals surface area (Å²) in [6.07, 6.45) is 5.43. The molecule has 200 valence electrons. The number of anilines is 1. The molecule has 0 N–H and O–H groups in total. The molecule has 9 nitrogen and oxygen atoms in total. The maximum Gasteiger partial charge on any atom is 0.415 e. The number of fused-ring (bicyclic) bond motifs is 1. The number of halogens is 3. The minimum Gasteiger partial charge on any atom is -0.489 e. The van der Waals surface area contributed by atoms with Crippen molar-refractivity contribution in [3.63, 3.8) is 0 Å². The van der Waals surface area contributed by atoms with Gasteiger partial charge in [0.15, 0.2) is 5.60 Å². The van der Waals surface area contributed by atoms with Crippen LogP contribution in [0.2, 0.25) is 15.1 Å². The third kappa shape index (κ3) is 6.02. The van der Waals surface area contributed by atoms with Crippen molar-refractivity contribution in [2.45, 2.75) is 19.1 Å². The molecule has 38 heavy (non-hydrogen) atoms. The van der Waals surface area contributed by atoms with Gasteiger partial charge < -0.3 is 24.5 Å². The number of piperazine rings is 1. The first-order valence-electron chi connectivity index (χ1n) is 12.1. The van der Waals surface area contributed by atoms with Gasteiger partial charge in [-0.1, -0.05) is 47.0 Å². The van der Waals surface area contributed by atoms with Crippen LogP contribution in [0.4, 0.5) is 11.5 Å². The maximum atomic E-state index is 10.9. The van der Waals surface area contributed by atoms with Crippen LogP contribution in [0.5, 0.6) is 11.8 Å². The highest BCUT2D eigenvalue weighted by Crippen LogP contribution is 2.32. The van der Waals surface area contributed by atoms with Crippen LogP contribution in [0.15, 0.2) is 48.7 Å². The zero-order valence-electron chi connectivity index (χ0n) is 20.6. The zero-order valence-corrected chi connectivity index (χ0v) is 22.9. The molecule has 3 heterocycles. The first-order chi connectivity index (χ1) is 18.2. The molecule has 2 aliphatic rings. The summed E-state index contributed by atoms with van der Waals surface area (Å²) in [6.45, 7) is 7.15. The highest BCUT2D eigenvalue weighted by atomic mass is 35.5. The van der Waals surface area contributed by atoms with Gasteiger partial charge in [-0.05, 0) is 53.8 Å². The molecule has 1 saturated heterocycles. The molecule has 12 heteroatoms. The SMILES string of the molecule is C[C@]1(COc2ccc(N3CCN(C/C=C/c4cc(Cl)cc(Cl)c4Cl)CC3)cc2)Cn2cc([N+](=O)[O-])nc2O1.